The number of rotatable bonds is 6. The van der Waals surface area contributed by atoms with Crippen molar-refractivity contribution in [1.82, 2.24) is 14.8 Å². The molecule has 3 fully saturated rings. The van der Waals surface area contributed by atoms with E-state index in [1.165, 1.54) is 13.8 Å². The van der Waals surface area contributed by atoms with E-state index >= 15 is 0 Å². The third-order valence-electron chi connectivity index (χ3n) is 7.84. The van der Waals surface area contributed by atoms with Crippen LogP contribution in [0.5, 0.6) is 0 Å². The number of nitrogens with zero attached hydrogens (tertiary/aromatic N) is 2. The van der Waals surface area contributed by atoms with Gasteiger partial charge in [0.05, 0.1) is 22.9 Å². The van der Waals surface area contributed by atoms with E-state index in [-0.39, 0.29) is 22.9 Å². The standard InChI is InChI=1S/C25H26F6N4O2/c1-11-22(24(11,27)28)35-10-16(18(7-19(35)36)33-21-14-8-34(3)9-15(14)21)23(37)32-12(2)13-5-4-6-17(20(13)26)25(29,30)31/h4-7,10-12,14-15,21-22,33H,8-9H2,1-3H3,(H,32,37)/t11-,12+,14-,15+,21+,22-/m0/s1. The maximum atomic E-state index is 14.6. The first-order valence-electron chi connectivity index (χ1n) is 12.0. The number of amides is 1. The summed E-state index contributed by atoms with van der Waals surface area (Å²) in [5, 5.41) is 5.65. The lowest BCUT2D eigenvalue weighted by Crippen LogP contribution is -2.32. The highest BCUT2D eigenvalue weighted by molar-refractivity contribution is 5.99. The van der Waals surface area contributed by atoms with Crippen LogP contribution < -0.4 is 16.2 Å². The number of alkyl halides is 5. The van der Waals surface area contributed by atoms with Gasteiger partial charge in [0.15, 0.2) is 0 Å². The Balaban J connectivity index is 1.45. The number of benzene rings is 1. The van der Waals surface area contributed by atoms with Gasteiger partial charge in [-0.05, 0) is 31.9 Å². The quantitative estimate of drug-likeness (QED) is 0.549. The fraction of sp³-hybridized carbons (Fsp3) is 0.520. The predicted molar refractivity (Wildman–Crippen MR) is 123 cm³/mol. The van der Waals surface area contributed by atoms with Gasteiger partial charge in [0, 0.05) is 42.9 Å². The Kier molecular flexibility index (Phi) is 5.89. The van der Waals surface area contributed by atoms with Crippen LogP contribution in [0.25, 0.3) is 0 Å². The summed E-state index contributed by atoms with van der Waals surface area (Å²) in [6.45, 7) is 4.28. The molecule has 0 radical (unpaired) electrons. The first kappa shape index (κ1) is 25.6. The van der Waals surface area contributed by atoms with Crippen LogP contribution in [0.4, 0.5) is 32.0 Å². The zero-order chi connectivity index (χ0) is 27.0. The number of carbonyl (C=O) groups is 1. The second kappa shape index (κ2) is 8.50. The fourth-order valence-corrected chi connectivity index (χ4v) is 5.54. The van der Waals surface area contributed by atoms with E-state index in [1.807, 2.05) is 7.05 Å². The van der Waals surface area contributed by atoms with Gasteiger partial charge in [0.25, 0.3) is 17.4 Å². The van der Waals surface area contributed by atoms with Crippen LogP contribution in [0.15, 0.2) is 35.3 Å². The van der Waals surface area contributed by atoms with E-state index < -0.39 is 52.9 Å². The number of hydrogen-bond acceptors (Lipinski definition) is 4. The van der Waals surface area contributed by atoms with E-state index in [9.17, 15) is 35.9 Å². The molecule has 2 N–H and O–H groups in total. The number of carbonyl (C=O) groups excluding carboxylic acids is 1. The Morgan fingerprint density at radius 1 is 1.19 bits per heavy atom. The van der Waals surface area contributed by atoms with E-state index in [0.717, 1.165) is 42.1 Å². The summed E-state index contributed by atoms with van der Waals surface area (Å²) in [5.41, 5.74) is -2.51. The van der Waals surface area contributed by atoms with Crippen LogP contribution in [0.3, 0.4) is 0 Å². The molecule has 6 atom stereocenters. The minimum atomic E-state index is -4.92. The van der Waals surface area contributed by atoms with E-state index in [4.69, 9.17) is 0 Å². The summed E-state index contributed by atoms with van der Waals surface area (Å²) in [7, 11) is 1.98. The Labute approximate surface area is 208 Å². The van der Waals surface area contributed by atoms with Crippen LogP contribution in [0.2, 0.25) is 0 Å². The van der Waals surface area contributed by atoms with Crippen molar-refractivity contribution in [3.8, 4) is 0 Å². The molecule has 2 aliphatic carbocycles. The number of piperidine rings is 1. The van der Waals surface area contributed by atoms with Crippen molar-refractivity contribution < 1.29 is 31.1 Å². The molecule has 37 heavy (non-hydrogen) atoms. The number of fused-ring (bicyclic) bond motifs is 1. The average Bonchev–Trinajstić information content (AvgIpc) is 3.47. The maximum absolute atomic E-state index is 14.6. The summed E-state index contributed by atoms with van der Waals surface area (Å²) in [6.07, 6.45) is -3.86. The SMILES string of the molecule is C[C@@H](NC(=O)c1cn([C@H]2[C@H](C)C2(F)F)c(=O)cc1N[C@H]1[C@@H]2CN(C)C[C@@H]21)c1cccc(C(F)(F)F)c1F. The highest BCUT2D eigenvalue weighted by atomic mass is 19.4. The van der Waals surface area contributed by atoms with Gasteiger partial charge in [-0.25, -0.2) is 13.2 Å². The van der Waals surface area contributed by atoms with Gasteiger partial charge in [-0.3, -0.25) is 9.59 Å². The molecule has 6 nitrogen and oxygen atoms in total. The number of nitrogens with one attached hydrogen (secondary N) is 2. The summed E-state index contributed by atoms with van der Waals surface area (Å²) in [4.78, 5) is 28.2. The lowest BCUT2D eigenvalue weighted by Gasteiger charge is -2.20. The normalized spacial score (nSPS) is 28.9. The minimum Gasteiger partial charge on any atom is -0.381 e. The number of pyridine rings is 1. The molecule has 1 aromatic heterocycles. The maximum Gasteiger partial charge on any atom is 0.419 e. The van der Waals surface area contributed by atoms with Crippen LogP contribution in [-0.4, -0.2) is 47.5 Å². The van der Waals surface area contributed by atoms with Gasteiger partial charge >= 0.3 is 6.18 Å². The molecule has 200 valence electrons. The smallest absolute Gasteiger partial charge is 0.381 e. The van der Waals surface area contributed by atoms with Crippen LogP contribution in [-0.2, 0) is 6.18 Å². The van der Waals surface area contributed by atoms with Crippen molar-refractivity contribution in [2.45, 2.75) is 44.1 Å². The zero-order valence-electron chi connectivity index (χ0n) is 20.2. The lowest BCUT2D eigenvalue weighted by molar-refractivity contribution is -0.140. The number of hydrogen-bond donors (Lipinski definition) is 2. The number of likely N-dealkylation sites (tertiary alicyclic amines) is 1. The Hall–Kier alpha value is -3.02. The van der Waals surface area contributed by atoms with Crippen LogP contribution in [0, 0.1) is 23.6 Å². The van der Waals surface area contributed by atoms with Gasteiger partial charge in [0.2, 0.25) is 0 Å². The monoisotopic (exact) mass is 528 g/mol. The van der Waals surface area contributed by atoms with Crippen LogP contribution >= 0.6 is 0 Å². The van der Waals surface area contributed by atoms with E-state index in [1.54, 1.807) is 0 Å². The summed E-state index contributed by atoms with van der Waals surface area (Å²) in [5.74, 6) is -5.92. The Bertz CT molecular complexity index is 1300. The van der Waals surface area contributed by atoms with Gasteiger partial charge in [-0.2, -0.15) is 13.2 Å². The molecule has 2 heterocycles. The molecule has 1 saturated heterocycles. The molecule has 5 rings (SSSR count). The lowest BCUT2D eigenvalue weighted by atomic mass is 10.0. The average molecular weight is 528 g/mol. The molecule has 1 aromatic carbocycles. The molecule has 2 saturated carbocycles. The number of halogens is 6. The predicted octanol–water partition coefficient (Wildman–Crippen LogP) is 4.30. The molecule has 12 heteroatoms. The van der Waals surface area contributed by atoms with Crippen molar-refractivity contribution in [3.05, 3.63) is 63.3 Å². The Morgan fingerprint density at radius 3 is 2.38 bits per heavy atom. The van der Waals surface area contributed by atoms with Gasteiger partial charge in [0.1, 0.15) is 11.9 Å². The van der Waals surface area contributed by atoms with Gasteiger partial charge < -0.3 is 20.1 Å². The summed E-state index contributed by atoms with van der Waals surface area (Å²) >= 11 is 0. The highest BCUT2D eigenvalue weighted by Gasteiger charge is 2.67. The van der Waals surface area contributed by atoms with Crippen molar-refractivity contribution >= 4 is 11.6 Å². The molecule has 1 aliphatic heterocycles. The molecule has 0 spiro atoms. The largest absolute Gasteiger partial charge is 0.419 e. The molecular weight excluding hydrogens is 502 g/mol. The van der Waals surface area contributed by atoms with Crippen molar-refractivity contribution in [3.63, 3.8) is 0 Å². The van der Waals surface area contributed by atoms with Crippen molar-refractivity contribution in [2.24, 2.45) is 17.8 Å². The first-order valence-corrected chi connectivity index (χ1v) is 12.0. The van der Waals surface area contributed by atoms with E-state index in [0.29, 0.717) is 17.9 Å². The third-order valence-corrected chi connectivity index (χ3v) is 7.84. The first-order chi connectivity index (χ1) is 17.2. The second-order valence-electron chi connectivity index (χ2n) is 10.4. The second-order valence-corrected chi connectivity index (χ2v) is 10.4. The zero-order valence-corrected chi connectivity index (χ0v) is 20.2. The number of anilines is 1. The van der Waals surface area contributed by atoms with E-state index in [2.05, 4.69) is 15.5 Å². The molecule has 0 unspecified atom stereocenters. The fourth-order valence-electron chi connectivity index (χ4n) is 5.54. The molecule has 2 aromatic rings. The Morgan fingerprint density at radius 2 is 1.81 bits per heavy atom. The highest BCUT2D eigenvalue weighted by Crippen LogP contribution is 2.58. The van der Waals surface area contributed by atoms with Crippen molar-refractivity contribution in [1.29, 1.82) is 0 Å². The summed E-state index contributed by atoms with van der Waals surface area (Å²) in [6, 6.07) is 1.28. The molecular formula is C25H26F6N4O2. The van der Waals surface area contributed by atoms with Gasteiger partial charge in [-0.1, -0.05) is 19.1 Å². The molecule has 0 bridgehead atoms. The van der Waals surface area contributed by atoms with Gasteiger partial charge in [-0.15, -0.1) is 0 Å². The molecule has 1 amide bonds. The topological polar surface area (TPSA) is 66.4 Å². The van der Waals surface area contributed by atoms with Crippen molar-refractivity contribution in [2.75, 3.05) is 25.5 Å². The molecule has 3 aliphatic rings. The van der Waals surface area contributed by atoms with Crippen LogP contribution in [0.1, 0.15) is 47.4 Å². The minimum absolute atomic E-state index is 0.00220. The summed E-state index contributed by atoms with van der Waals surface area (Å²) < 4.78 is 83.1. The number of aromatic nitrogens is 1. The third kappa shape index (κ3) is 4.38.